The van der Waals surface area contributed by atoms with Gasteiger partial charge in [-0.2, -0.15) is 0 Å². The highest BCUT2D eigenvalue weighted by Crippen LogP contribution is 2.17. The van der Waals surface area contributed by atoms with Gasteiger partial charge < -0.3 is 0 Å². The van der Waals surface area contributed by atoms with Gasteiger partial charge in [0.2, 0.25) is 0 Å². The molecule has 0 atom stereocenters. The largest absolute Gasteiger partial charge is 0.295 e. The molecule has 3 aromatic rings. The molecule has 0 spiro atoms. The van der Waals surface area contributed by atoms with Gasteiger partial charge in [-0.1, -0.05) is 54.6 Å². The van der Waals surface area contributed by atoms with Crippen LogP contribution in [0.1, 0.15) is 27.9 Å². The van der Waals surface area contributed by atoms with Crippen molar-refractivity contribution in [2.45, 2.75) is 33.0 Å². The molecule has 1 aliphatic heterocycles. The molecule has 4 rings (SSSR count). The molecule has 0 radical (unpaired) electrons. The summed E-state index contributed by atoms with van der Waals surface area (Å²) in [4.78, 5) is 19.9. The van der Waals surface area contributed by atoms with Crippen LogP contribution in [0.2, 0.25) is 0 Å². The summed E-state index contributed by atoms with van der Waals surface area (Å²) < 4.78 is 1.74. The Balaban J connectivity index is 1.54. The Kier molecular flexibility index (Phi) is 4.67. The van der Waals surface area contributed by atoms with Crippen LogP contribution in [-0.4, -0.2) is 21.0 Å². The predicted molar refractivity (Wildman–Crippen MR) is 103 cm³/mol. The quantitative estimate of drug-likeness (QED) is 0.729. The molecule has 2 heterocycles. The minimum absolute atomic E-state index is 0.109. The summed E-state index contributed by atoms with van der Waals surface area (Å²) in [7, 11) is 0. The van der Waals surface area contributed by atoms with E-state index in [1.807, 2.05) is 18.2 Å². The Morgan fingerprint density at radius 1 is 1.00 bits per heavy atom. The van der Waals surface area contributed by atoms with E-state index in [4.69, 9.17) is 0 Å². The summed E-state index contributed by atoms with van der Waals surface area (Å²) in [5.41, 5.74) is 5.58. The zero-order chi connectivity index (χ0) is 17.9. The summed E-state index contributed by atoms with van der Waals surface area (Å²) in [5.74, 6) is 0. The van der Waals surface area contributed by atoms with Gasteiger partial charge in [0.1, 0.15) is 0 Å². The molecule has 4 nitrogen and oxygen atoms in total. The summed E-state index contributed by atoms with van der Waals surface area (Å²) in [6, 6.07) is 18.6. The molecular weight excluding hydrogens is 322 g/mol. The van der Waals surface area contributed by atoms with Gasteiger partial charge in [-0.05, 0) is 30.0 Å². The molecular formula is C22H23N3O. The SMILES string of the molecule is Cc1ccccc1Cn1cnc2c(c1=O)CCN(Cc1ccccc1)C2. The minimum Gasteiger partial charge on any atom is -0.295 e. The second kappa shape index (κ2) is 7.26. The highest BCUT2D eigenvalue weighted by molar-refractivity contribution is 5.27. The van der Waals surface area contributed by atoms with Crippen molar-refractivity contribution in [2.75, 3.05) is 6.54 Å². The van der Waals surface area contributed by atoms with Gasteiger partial charge in [-0.15, -0.1) is 0 Å². The molecule has 132 valence electrons. The third-order valence-electron chi connectivity index (χ3n) is 5.12. The van der Waals surface area contributed by atoms with Crippen LogP contribution in [-0.2, 0) is 26.1 Å². The second-order valence-electron chi connectivity index (χ2n) is 6.98. The number of hydrogen-bond acceptors (Lipinski definition) is 3. The average molecular weight is 345 g/mol. The molecule has 0 fully saturated rings. The Hall–Kier alpha value is -2.72. The first kappa shape index (κ1) is 16.7. The van der Waals surface area contributed by atoms with Crippen molar-refractivity contribution in [3.05, 3.63) is 99.2 Å². The summed E-state index contributed by atoms with van der Waals surface area (Å²) in [6.45, 7) is 5.19. The Labute approximate surface area is 153 Å². The van der Waals surface area contributed by atoms with Crippen LogP contribution in [0.15, 0.2) is 65.7 Å². The molecule has 4 heteroatoms. The van der Waals surface area contributed by atoms with Gasteiger partial charge in [0.05, 0.1) is 18.6 Å². The Morgan fingerprint density at radius 3 is 2.58 bits per heavy atom. The van der Waals surface area contributed by atoms with E-state index in [1.54, 1.807) is 10.9 Å². The molecule has 0 bridgehead atoms. The number of aryl methyl sites for hydroxylation is 1. The lowest BCUT2D eigenvalue weighted by Crippen LogP contribution is -2.37. The first-order valence-electron chi connectivity index (χ1n) is 9.08. The molecule has 1 aromatic heterocycles. The number of rotatable bonds is 4. The van der Waals surface area contributed by atoms with Crippen molar-refractivity contribution in [3.63, 3.8) is 0 Å². The second-order valence-corrected chi connectivity index (χ2v) is 6.98. The smallest absolute Gasteiger partial charge is 0.257 e. The van der Waals surface area contributed by atoms with Crippen LogP contribution < -0.4 is 5.56 Å². The maximum absolute atomic E-state index is 12.9. The van der Waals surface area contributed by atoms with Gasteiger partial charge in [-0.3, -0.25) is 14.3 Å². The van der Waals surface area contributed by atoms with Crippen molar-refractivity contribution in [1.82, 2.24) is 14.5 Å². The third kappa shape index (κ3) is 3.46. The molecule has 0 N–H and O–H groups in total. The van der Waals surface area contributed by atoms with E-state index in [9.17, 15) is 4.79 Å². The van der Waals surface area contributed by atoms with Gasteiger partial charge in [0, 0.05) is 25.2 Å². The van der Waals surface area contributed by atoms with Crippen molar-refractivity contribution < 1.29 is 0 Å². The number of fused-ring (bicyclic) bond motifs is 1. The van der Waals surface area contributed by atoms with Crippen molar-refractivity contribution in [1.29, 1.82) is 0 Å². The third-order valence-corrected chi connectivity index (χ3v) is 5.12. The van der Waals surface area contributed by atoms with Gasteiger partial charge >= 0.3 is 0 Å². The molecule has 0 aliphatic carbocycles. The topological polar surface area (TPSA) is 38.1 Å². The predicted octanol–water partition coefficient (Wildman–Crippen LogP) is 3.16. The summed E-state index contributed by atoms with van der Waals surface area (Å²) in [6.07, 6.45) is 2.47. The molecule has 0 saturated carbocycles. The van der Waals surface area contributed by atoms with Gasteiger partial charge in [-0.25, -0.2) is 4.98 Å². The van der Waals surface area contributed by atoms with E-state index in [0.29, 0.717) is 6.54 Å². The fourth-order valence-electron chi connectivity index (χ4n) is 3.57. The zero-order valence-corrected chi connectivity index (χ0v) is 15.1. The molecule has 0 saturated heterocycles. The summed E-state index contributed by atoms with van der Waals surface area (Å²) in [5, 5.41) is 0. The maximum Gasteiger partial charge on any atom is 0.257 e. The van der Waals surface area contributed by atoms with E-state index in [0.717, 1.165) is 42.9 Å². The first-order valence-corrected chi connectivity index (χ1v) is 9.08. The average Bonchev–Trinajstić information content (AvgIpc) is 2.66. The van der Waals surface area contributed by atoms with Crippen molar-refractivity contribution >= 4 is 0 Å². The molecule has 1 aliphatic rings. The highest BCUT2D eigenvalue weighted by atomic mass is 16.1. The van der Waals surface area contributed by atoms with E-state index in [2.05, 4.69) is 53.2 Å². The van der Waals surface area contributed by atoms with Crippen molar-refractivity contribution in [3.8, 4) is 0 Å². The molecule has 0 amide bonds. The highest BCUT2D eigenvalue weighted by Gasteiger charge is 2.21. The fraction of sp³-hybridized carbons (Fsp3) is 0.273. The number of hydrogen-bond donors (Lipinski definition) is 0. The number of nitrogens with zero attached hydrogens (tertiary/aromatic N) is 3. The van der Waals surface area contributed by atoms with Crippen molar-refractivity contribution in [2.24, 2.45) is 0 Å². The normalized spacial score (nSPS) is 14.2. The Bertz CT molecular complexity index is 963. The lowest BCUT2D eigenvalue weighted by molar-refractivity contribution is 0.239. The fourth-order valence-corrected chi connectivity index (χ4v) is 3.57. The van der Waals surface area contributed by atoms with E-state index < -0.39 is 0 Å². The maximum atomic E-state index is 12.9. The van der Waals surface area contributed by atoms with Crippen LogP contribution in [0.3, 0.4) is 0 Å². The number of benzene rings is 2. The van der Waals surface area contributed by atoms with Gasteiger partial charge in [0.15, 0.2) is 0 Å². The molecule has 26 heavy (non-hydrogen) atoms. The lowest BCUT2D eigenvalue weighted by atomic mass is 10.0. The van der Waals surface area contributed by atoms with E-state index in [-0.39, 0.29) is 5.56 Å². The van der Waals surface area contributed by atoms with Gasteiger partial charge in [0.25, 0.3) is 5.56 Å². The minimum atomic E-state index is 0.109. The first-order chi connectivity index (χ1) is 12.7. The monoisotopic (exact) mass is 345 g/mol. The van der Waals surface area contributed by atoms with Crippen LogP contribution >= 0.6 is 0 Å². The lowest BCUT2D eigenvalue weighted by Gasteiger charge is -2.28. The van der Waals surface area contributed by atoms with E-state index in [1.165, 1.54) is 11.1 Å². The zero-order valence-electron chi connectivity index (χ0n) is 15.1. The summed E-state index contributed by atoms with van der Waals surface area (Å²) >= 11 is 0. The van der Waals surface area contributed by atoms with Crippen LogP contribution in [0.4, 0.5) is 0 Å². The van der Waals surface area contributed by atoms with Crippen LogP contribution in [0.25, 0.3) is 0 Å². The van der Waals surface area contributed by atoms with Crippen LogP contribution in [0, 0.1) is 6.92 Å². The Morgan fingerprint density at radius 2 is 1.77 bits per heavy atom. The number of aromatic nitrogens is 2. The van der Waals surface area contributed by atoms with E-state index >= 15 is 0 Å². The van der Waals surface area contributed by atoms with Crippen LogP contribution in [0.5, 0.6) is 0 Å². The molecule has 0 unspecified atom stereocenters. The molecule has 2 aromatic carbocycles. The standard InChI is InChI=1S/C22H23N3O/c1-17-7-5-6-10-19(17)14-25-16-23-21-15-24(12-11-20(21)22(25)26)13-18-8-3-2-4-9-18/h2-10,16H,11-15H2,1H3.